The number of ether oxygens (including phenoxy) is 1. The van der Waals surface area contributed by atoms with Crippen LogP contribution in [-0.2, 0) is 4.74 Å². The molecule has 1 atom stereocenters. The highest BCUT2D eigenvalue weighted by Gasteiger charge is 2.24. The molecule has 2 aromatic carbocycles. The number of thioether (sulfide) groups is 1. The van der Waals surface area contributed by atoms with E-state index in [0.29, 0.717) is 37.7 Å². The minimum absolute atomic E-state index is 0.0894. The molecule has 7 nitrogen and oxygen atoms in total. The van der Waals surface area contributed by atoms with E-state index in [1.807, 2.05) is 0 Å². The van der Waals surface area contributed by atoms with E-state index < -0.39 is 4.92 Å². The number of hydrogen-bond acceptors (Lipinski definition) is 6. The Hall–Kier alpha value is -2.49. The van der Waals surface area contributed by atoms with Crippen molar-refractivity contribution in [1.29, 1.82) is 0 Å². The Bertz CT molecular complexity index is 873. The maximum absolute atomic E-state index is 13.3. The van der Waals surface area contributed by atoms with Gasteiger partial charge in [0.05, 0.1) is 29.1 Å². The molecule has 1 amide bonds. The molecular formula is C20H22FN3O4S. The largest absolute Gasteiger partial charge is 0.379 e. The average Bonchev–Trinajstić information content (AvgIpc) is 2.75. The Labute approximate surface area is 172 Å². The molecule has 1 fully saturated rings. The van der Waals surface area contributed by atoms with Gasteiger partial charge in [-0.3, -0.25) is 19.8 Å². The number of nitrogens with zero attached hydrogens (tertiary/aromatic N) is 2. The molecule has 154 valence electrons. The van der Waals surface area contributed by atoms with Crippen LogP contribution in [0.5, 0.6) is 0 Å². The first-order valence-corrected chi connectivity index (χ1v) is 10.4. The Morgan fingerprint density at radius 2 is 1.97 bits per heavy atom. The minimum atomic E-state index is -0.488. The highest BCUT2D eigenvalue weighted by Crippen LogP contribution is 2.28. The SMILES string of the molecule is CSc1ccc(C(=O)NC[C@@H](c2ccc(F)cc2)N2CCOCC2)cc1[N+](=O)[O-]. The van der Waals surface area contributed by atoms with E-state index in [4.69, 9.17) is 4.74 Å². The Balaban J connectivity index is 1.76. The number of hydrogen-bond donors (Lipinski definition) is 1. The van der Waals surface area contributed by atoms with Crippen LogP contribution in [0.1, 0.15) is 22.0 Å². The van der Waals surface area contributed by atoms with E-state index in [1.165, 1.54) is 30.0 Å². The fourth-order valence-corrected chi connectivity index (χ4v) is 3.84. The molecular weight excluding hydrogens is 397 g/mol. The molecule has 2 aromatic rings. The number of amides is 1. The van der Waals surface area contributed by atoms with Crippen LogP contribution < -0.4 is 5.32 Å². The molecule has 1 aliphatic heterocycles. The van der Waals surface area contributed by atoms with Crippen molar-refractivity contribution >= 4 is 23.4 Å². The highest BCUT2D eigenvalue weighted by molar-refractivity contribution is 7.98. The number of rotatable bonds is 7. The Kier molecular flexibility index (Phi) is 7.18. The van der Waals surface area contributed by atoms with Gasteiger partial charge in [0.15, 0.2) is 0 Å². The van der Waals surface area contributed by atoms with Crippen LogP contribution in [0, 0.1) is 15.9 Å². The Morgan fingerprint density at radius 1 is 1.28 bits per heavy atom. The lowest BCUT2D eigenvalue weighted by Gasteiger charge is -2.35. The van der Waals surface area contributed by atoms with Crippen molar-refractivity contribution in [3.8, 4) is 0 Å². The third kappa shape index (κ3) is 5.31. The first-order chi connectivity index (χ1) is 14.0. The van der Waals surface area contributed by atoms with E-state index in [2.05, 4.69) is 10.2 Å². The van der Waals surface area contributed by atoms with Gasteiger partial charge in [0.25, 0.3) is 11.6 Å². The molecule has 0 aliphatic carbocycles. The molecule has 3 rings (SSSR count). The number of carbonyl (C=O) groups excluding carboxylic acids is 1. The molecule has 0 unspecified atom stereocenters. The van der Waals surface area contributed by atoms with E-state index in [9.17, 15) is 19.3 Å². The zero-order valence-electron chi connectivity index (χ0n) is 16.0. The number of nitrogens with one attached hydrogen (secondary N) is 1. The third-order valence-electron chi connectivity index (χ3n) is 4.83. The zero-order chi connectivity index (χ0) is 20.8. The van der Waals surface area contributed by atoms with Crippen molar-refractivity contribution in [1.82, 2.24) is 10.2 Å². The molecule has 1 N–H and O–H groups in total. The average molecular weight is 419 g/mol. The topological polar surface area (TPSA) is 84.7 Å². The van der Waals surface area contributed by atoms with Gasteiger partial charge in [0.1, 0.15) is 5.82 Å². The van der Waals surface area contributed by atoms with Crippen molar-refractivity contribution in [2.45, 2.75) is 10.9 Å². The summed E-state index contributed by atoms with van der Waals surface area (Å²) in [5, 5.41) is 14.1. The summed E-state index contributed by atoms with van der Waals surface area (Å²) in [6.45, 7) is 2.88. The van der Waals surface area contributed by atoms with Gasteiger partial charge in [-0.2, -0.15) is 0 Å². The van der Waals surface area contributed by atoms with Crippen LogP contribution in [0.25, 0.3) is 0 Å². The van der Waals surface area contributed by atoms with E-state index in [0.717, 1.165) is 5.56 Å². The number of nitro groups is 1. The maximum Gasteiger partial charge on any atom is 0.283 e. The van der Waals surface area contributed by atoms with E-state index >= 15 is 0 Å². The molecule has 1 heterocycles. The van der Waals surface area contributed by atoms with Crippen LogP contribution in [0.15, 0.2) is 47.4 Å². The second-order valence-electron chi connectivity index (χ2n) is 6.57. The van der Waals surface area contributed by atoms with Crippen molar-refractivity contribution in [3.63, 3.8) is 0 Å². The van der Waals surface area contributed by atoms with Crippen LogP contribution in [-0.4, -0.2) is 54.8 Å². The smallest absolute Gasteiger partial charge is 0.283 e. The lowest BCUT2D eigenvalue weighted by molar-refractivity contribution is -0.387. The number of nitro benzene ring substituents is 1. The van der Waals surface area contributed by atoms with Gasteiger partial charge in [-0.25, -0.2) is 4.39 Å². The molecule has 0 bridgehead atoms. The summed E-state index contributed by atoms with van der Waals surface area (Å²) in [6.07, 6.45) is 1.75. The first-order valence-electron chi connectivity index (χ1n) is 9.17. The van der Waals surface area contributed by atoms with Gasteiger partial charge in [-0.05, 0) is 36.1 Å². The summed E-state index contributed by atoms with van der Waals surface area (Å²) in [7, 11) is 0. The summed E-state index contributed by atoms with van der Waals surface area (Å²) >= 11 is 1.26. The summed E-state index contributed by atoms with van der Waals surface area (Å²) in [5.41, 5.74) is 1.03. The molecule has 0 aromatic heterocycles. The van der Waals surface area contributed by atoms with Gasteiger partial charge < -0.3 is 10.1 Å². The van der Waals surface area contributed by atoms with E-state index in [1.54, 1.807) is 30.5 Å². The summed E-state index contributed by atoms with van der Waals surface area (Å²) in [5.74, 6) is -0.708. The number of halogens is 1. The fourth-order valence-electron chi connectivity index (χ4n) is 3.30. The summed E-state index contributed by atoms with van der Waals surface area (Å²) in [4.78, 5) is 26.1. The van der Waals surface area contributed by atoms with Gasteiger partial charge in [0.2, 0.25) is 0 Å². The second-order valence-corrected chi connectivity index (χ2v) is 7.42. The number of benzene rings is 2. The monoisotopic (exact) mass is 419 g/mol. The van der Waals surface area contributed by atoms with Crippen molar-refractivity contribution in [3.05, 3.63) is 69.5 Å². The van der Waals surface area contributed by atoms with Crippen LogP contribution in [0.4, 0.5) is 10.1 Å². The molecule has 1 aliphatic rings. The quantitative estimate of drug-likeness (QED) is 0.421. The molecule has 29 heavy (non-hydrogen) atoms. The third-order valence-corrected chi connectivity index (χ3v) is 5.62. The lowest BCUT2D eigenvalue weighted by Crippen LogP contribution is -2.43. The van der Waals surface area contributed by atoms with Crippen LogP contribution in [0.3, 0.4) is 0 Å². The number of morpholine rings is 1. The molecule has 0 saturated carbocycles. The predicted octanol–water partition coefficient (Wildman–Crippen LogP) is 3.26. The zero-order valence-corrected chi connectivity index (χ0v) is 16.8. The van der Waals surface area contributed by atoms with Crippen LogP contribution >= 0.6 is 11.8 Å². The normalized spacial score (nSPS) is 15.7. The first kappa shape index (κ1) is 21.2. The lowest BCUT2D eigenvalue weighted by atomic mass is 10.0. The predicted molar refractivity (Wildman–Crippen MR) is 109 cm³/mol. The van der Waals surface area contributed by atoms with Crippen LogP contribution in [0.2, 0.25) is 0 Å². The summed E-state index contributed by atoms with van der Waals surface area (Å²) in [6, 6.07) is 10.5. The van der Waals surface area contributed by atoms with Crippen molar-refractivity contribution in [2.75, 3.05) is 39.1 Å². The van der Waals surface area contributed by atoms with Gasteiger partial charge in [0, 0.05) is 31.3 Å². The number of carbonyl (C=O) groups is 1. The van der Waals surface area contributed by atoms with E-state index in [-0.39, 0.29) is 29.0 Å². The fraction of sp³-hybridized carbons (Fsp3) is 0.350. The minimum Gasteiger partial charge on any atom is -0.379 e. The highest BCUT2D eigenvalue weighted by atomic mass is 32.2. The summed E-state index contributed by atoms with van der Waals surface area (Å²) < 4.78 is 18.7. The maximum atomic E-state index is 13.3. The molecule has 0 spiro atoms. The molecule has 0 radical (unpaired) electrons. The van der Waals surface area contributed by atoms with Gasteiger partial charge in [-0.15, -0.1) is 11.8 Å². The van der Waals surface area contributed by atoms with Crippen molar-refractivity contribution < 1.29 is 18.8 Å². The van der Waals surface area contributed by atoms with Crippen molar-refractivity contribution in [2.24, 2.45) is 0 Å². The second kappa shape index (κ2) is 9.82. The Morgan fingerprint density at radius 3 is 2.59 bits per heavy atom. The van der Waals surface area contributed by atoms with Gasteiger partial charge >= 0.3 is 0 Å². The van der Waals surface area contributed by atoms with Gasteiger partial charge in [-0.1, -0.05) is 12.1 Å². The molecule has 9 heteroatoms. The standard InChI is InChI=1S/C20H22FN3O4S/c1-29-19-7-4-15(12-17(19)24(26)27)20(25)22-13-18(23-8-10-28-11-9-23)14-2-5-16(21)6-3-14/h2-7,12,18H,8-11,13H2,1H3,(H,22,25)/t18-/m0/s1. The molecule has 1 saturated heterocycles.